The third-order valence-electron chi connectivity index (χ3n) is 2.08. The number of carbonyl (C=O) groups excluding carboxylic acids is 1. The Labute approximate surface area is 119 Å². The molecular formula is C8H7F11N2O2. The first kappa shape index (κ1) is 21.6. The number of hydrogen-bond donors (Lipinski definition) is 2. The van der Waals surface area contributed by atoms with Crippen LogP contribution in [0.25, 0.3) is 0 Å². The summed E-state index contributed by atoms with van der Waals surface area (Å²) in [5.74, 6) is -16.5. The van der Waals surface area contributed by atoms with Crippen molar-refractivity contribution in [3.05, 3.63) is 0 Å². The van der Waals surface area contributed by atoms with Crippen LogP contribution in [-0.4, -0.2) is 49.2 Å². The van der Waals surface area contributed by atoms with Gasteiger partial charge in [0.05, 0.1) is 0 Å². The van der Waals surface area contributed by atoms with E-state index in [0.29, 0.717) is 0 Å². The number of halogens is 11. The van der Waals surface area contributed by atoms with E-state index in [4.69, 9.17) is 5.73 Å². The highest BCUT2D eigenvalue weighted by Gasteiger charge is 2.79. The van der Waals surface area contributed by atoms with Crippen molar-refractivity contribution in [3.63, 3.8) is 0 Å². The number of hydrogen-bond acceptors (Lipinski definition) is 3. The van der Waals surface area contributed by atoms with Gasteiger partial charge in [0.1, 0.15) is 0 Å². The maximum Gasteiger partial charge on any atom is 0.462 e. The molecule has 0 aromatic heterocycles. The van der Waals surface area contributed by atoms with Crippen LogP contribution in [0.2, 0.25) is 0 Å². The van der Waals surface area contributed by atoms with E-state index in [2.05, 4.69) is 0 Å². The average molecular weight is 372 g/mol. The number of carbonyl (C=O) groups is 1. The zero-order valence-electron chi connectivity index (χ0n) is 10.5. The van der Waals surface area contributed by atoms with Gasteiger partial charge in [-0.3, -0.25) is 9.53 Å². The Kier molecular flexibility index (Phi) is 5.88. The SMILES string of the molecule is NCCNC(=O)C(F)(OC(F)(F)C(F)(F)C(F)(F)F)C(F)(F)F. The number of alkyl halides is 11. The van der Waals surface area contributed by atoms with Gasteiger partial charge in [-0.25, -0.2) is 0 Å². The molecule has 0 aromatic rings. The van der Waals surface area contributed by atoms with E-state index < -0.39 is 49.2 Å². The third kappa shape index (κ3) is 4.13. The molecule has 1 unspecified atom stereocenters. The standard InChI is InChI=1S/C8H7F11N2O2/c9-4(6(12,13)14,3(22)21-2-1-20)23-8(18,19)5(10,11)7(15,16)17/h1-2,20H2,(H,21,22). The van der Waals surface area contributed by atoms with E-state index >= 15 is 0 Å². The summed E-state index contributed by atoms with van der Waals surface area (Å²) in [5.41, 5.74) is 4.71. The fourth-order valence-corrected chi connectivity index (χ4v) is 0.938. The topological polar surface area (TPSA) is 64.3 Å². The van der Waals surface area contributed by atoms with Crippen molar-refractivity contribution in [2.45, 2.75) is 30.2 Å². The minimum absolute atomic E-state index is 0.630. The van der Waals surface area contributed by atoms with Crippen molar-refractivity contribution in [1.29, 1.82) is 0 Å². The van der Waals surface area contributed by atoms with Gasteiger partial charge in [0.15, 0.2) is 0 Å². The lowest BCUT2D eigenvalue weighted by molar-refractivity contribution is -0.472. The van der Waals surface area contributed by atoms with Crippen molar-refractivity contribution < 1.29 is 57.8 Å². The van der Waals surface area contributed by atoms with Crippen LogP contribution in [0, 0.1) is 0 Å². The molecule has 0 radical (unpaired) electrons. The summed E-state index contributed by atoms with van der Waals surface area (Å²) < 4.78 is 138. The monoisotopic (exact) mass is 372 g/mol. The van der Waals surface area contributed by atoms with Crippen LogP contribution in [0.4, 0.5) is 48.3 Å². The first-order valence-electron chi connectivity index (χ1n) is 5.20. The highest BCUT2D eigenvalue weighted by Crippen LogP contribution is 2.50. The average Bonchev–Trinajstić information content (AvgIpc) is 2.32. The van der Waals surface area contributed by atoms with Gasteiger partial charge in [-0.1, -0.05) is 0 Å². The molecule has 0 heterocycles. The zero-order valence-corrected chi connectivity index (χ0v) is 10.5. The van der Waals surface area contributed by atoms with Crippen molar-refractivity contribution in [3.8, 4) is 0 Å². The summed E-state index contributed by atoms with van der Waals surface area (Å²) in [6.45, 7) is -1.57. The Morgan fingerprint density at radius 1 is 0.870 bits per heavy atom. The lowest BCUT2D eigenvalue weighted by Gasteiger charge is -2.34. The summed E-state index contributed by atoms with van der Waals surface area (Å²) in [5, 5.41) is 0.949. The van der Waals surface area contributed by atoms with E-state index in [1.54, 1.807) is 0 Å². The van der Waals surface area contributed by atoms with Crippen LogP contribution < -0.4 is 11.1 Å². The first-order chi connectivity index (χ1) is 9.94. The smallest absolute Gasteiger partial charge is 0.350 e. The molecule has 1 atom stereocenters. The second-order valence-corrected chi connectivity index (χ2v) is 3.83. The third-order valence-corrected chi connectivity index (χ3v) is 2.08. The van der Waals surface area contributed by atoms with Gasteiger partial charge >= 0.3 is 30.2 Å². The molecule has 0 aliphatic heterocycles. The molecule has 4 nitrogen and oxygen atoms in total. The fraction of sp³-hybridized carbons (Fsp3) is 0.875. The molecule has 23 heavy (non-hydrogen) atoms. The van der Waals surface area contributed by atoms with Gasteiger partial charge < -0.3 is 11.1 Å². The largest absolute Gasteiger partial charge is 0.462 e. The summed E-state index contributed by atoms with van der Waals surface area (Å²) in [7, 11) is 0. The molecule has 0 aliphatic rings. The van der Waals surface area contributed by atoms with E-state index in [1.165, 1.54) is 0 Å². The number of ether oxygens (including phenoxy) is 1. The molecule has 0 aliphatic carbocycles. The highest BCUT2D eigenvalue weighted by molar-refractivity contribution is 5.84. The van der Waals surface area contributed by atoms with Gasteiger partial charge in [-0.2, -0.15) is 48.3 Å². The Morgan fingerprint density at radius 3 is 1.61 bits per heavy atom. The second kappa shape index (κ2) is 6.26. The van der Waals surface area contributed by atoms with E-state index in [0.717, 1.165) is 5.32 Å². The summed E-state index contributed by atoms with van der Waals surface area (Å²) in [6.07, 6.45) is -20.8. The molecule has 0 rings (SSSR count). The lowest BCUT2D eigenvalue weighted by atomic mass is 10.2. The maximum absolute atomic E-state index is 13.4. The predicted octanol–water partition coefficient (Wildman–Crippen LogP) is 2.10. The van der Waals surface area contributed by atoms with Crippen molar-refractivity contribution in [2.24, 2.45) is 5.73 Å². The van der Waals surface area contributed by atoms with Crippen molar-refractivity contribution >= 4 is 5.91 Å². The van der Waals surface area contributed by atoms with Crippen molar-refractivity contribution in [2.75, 3.05) is 13.1 Å². The Bertz CT molecular complexity index is 433. The number of rotatable bonds is 6. The normalized spacial score (nSPS) is 16.9. The number of nitrogens with two attached hydrogens (primary N) is 1. The van der Waals surface area contributed by atoms with Gasteiger partial charge in [0.25, 0.3) is 5.91 Å². The van der Waals surface area contributed by atoms with E-state index in [-0.39, 0.29) is 0 Å². The molecule has 0 saturated carbocycles. The summed E-state index contributed by atoms with van der Waals surface area (Å²) in [6, 6.07) is 0. The first-order valence-corrected chi connectivity index (χ1v) is 5.20. The predicted molar refractivity (Wildman–Crippen MR) is 49.0 cm³/mol. The quantitative estimate of drug-likeness (QED) is 0.702. The minimum atomic E-state index is -7.21. The molecular weight excluding hydrogens is 365 g/mol. The highest BCUT2D eigenvalue weighted by atomic mass is 19.4. The molecule has 1 amide bonds. The van der Waals surface area contributed by atoms with Crippen LogP contribution in [-0.2, 0) is 9.53 Å². The van der Waals surface area contributed by atoms with Crippen molar-refractivity contribution in [1.82, 2.24) is 5.32 Å². The summed E-state index contributed by atoms with van der Waals surface area (Å²) >= 11 is 0. The molecule has 15 heteroatoms. The zero-order chi connectivity index (χ0) is 18.9. The number of amides is 1. The molecule has 138 valence electrons. The Balaban J connectivity index is 5.78. The van der Waals surface area contributed by atoms with Gasteiger partial charge in [0, 0.05) is 13.1 Å². The molecule has 3 N–H and O–H groups in total. The summed E-state index contributed by atoms with van der Waals surface area (Å²) in [4.78, 5) is 10.9. The second-order valence-electron chi connectivity index (χ2n) is 3.83. The molecule has 0 aromatic carbocycles. The van der Waals surface area contributed by atoms with Crippen LogP contribution in [0.3, 0.4) is 0 Å². The number of nitrogens with one attached hydrogen (secondary N) is 1. The fourth-order valence-electron chi connectivity index (χ4n) is 0.938. The lowest BCUT2D eigenvalue weighted by Crippen LogP contribution is -2.63. The van der Waals surface area contributed by atoms with Crippen LogP contribution >= 0.6 is 0 Å². The van der Waals surface area contributed by atoms with Gasteiger partial charge in [-0.15, -0.1) is 0 Å². The van der Waals surface area contributed by atoms with Crippen LogP contribution in [0.5, 0.6) is 0 Å². The molecule has 0 fully saturated rings. The minimum Gasteiger partial charge on any atom is -0.350 e. The van der Waals surface area contributed by atoms with Gasteiger partial charge in [0.2, 0.25) is 0 Å². The van der Waals surface area contributed by atoms with E-state index in [9.17, 15) is 53.1 Å². The van der Waals surface area contributed by atoms with Crippen LogP contribution in [0.1, 0.15) is 0 Å². The molecule has 0 spiro atoms. The Hall–Kier alpha value is -1.38. The van der Waals surface area contributed by atoms with E-state index in [1.807, 2.05) is 4.74 Å². The molecule has 0 bridgehead atoms. The van der Waals surface area contributed by atoms with Gasteiger partial charge in [-0.05, 0) is 0 Å². The molecule has 0 saturated heterocycles. The van der Waals surface area contributed by atoms with Crippen LogP contribution in [0.15, 0.2) is 0 Å². The Morgan fingerprint density at radius 2 is 1.30 bits per heavy atom. The maximum atomic E-state index is 13.4.